The first-order valence-corrected chi connectivity index (χ1v) is 11.0. The quantitative estimate of drug-likeness (QED) is 0.382. The number of hydrogen-bond donors (Lipinski definition) is 0. The molecule has 0 aliphatic heterocycles. The Morgan fingerprint density at radius 2 is 1.59 bits per heavy atom. The van der Waals surface area contributed by atoms with Crippen LogP contribution in [0.25, 0.3) is 22.0 Å². The van der Waals surface area contributed by atoms with E-state index in [1.807, 2.05) is 41.2 Å². The number of aromatic nitrogens is 1. The van der Waals surface area contributed by atoms with Crippen molar-refractivity contribution in [2.24, 2.45) is 10.1 Å². The molecule has 0 aliphatic rings. The standard InChI is InChI=1S/C25H25N3O3S/c1-16(19-12-8-10-17-9-6-7-11-20(17)19)27-28-21(15-32-25(28)26-2)18-13-22(29-3)24(31-5)23(14-18)30-4/h6-15H,1-5H3. The molecule has 0 fully saturated rings. The van der Waals surface area contributed by atoms with Crippen LogP contribution >= 0.6 is 11.3 Å². The van der Waals surface area contributed by atoms with Gasteiger partial charge in [-0.1, -0.05) is 42.5 Å². The zero-order chi connectivity index (χ0) is 22.7. The number of fused-ring (bicyclic) bond motifs is 1. The van der Waals surface area contributed by atoms with E-state index in [9.17, 15) is 0 Å². The highest BCUT2D eigenvalue weighted by Crippen LogP contribution is 2.41. The number of nitrogens with zero attached hydrogens (tertiary/aromatic N) is 3. The second-order valence-electron chi connectivity index (χ2n) is 7.07. The van der Waals surface area contributed by atoms with Gasteiger partial charge in [-0.25, -0.2) is 4.68 Å². The van der Waals surface area contributed by atoms with E-state index in [1.165, 1.54) is 16.7 Å². The van der Waals surface area contributed by atoms with Gasteiger partial charge >= 0.3 is 0 Å². The molecule has 0 bridgehead atoms. The molecule has 0 N–H and O–H groups in total. The fourth-order valence-corrected chi connectivity index (χ4v) is 4.52. The van der Waals surface area contributed by atoms with Crippen molar-refractivity contribution in [3.05, 3.63) is 70.3 Å². The zero-order valence-electron chi connectivity index (χ0n) is 18.7. The Morgan fingerprint density at radius 3 is 2.25 bits per heavy atom. The minimum Gasteiger partial charge on any atom is -0.493 e. The minimum absolute atomic E-state index is 0.552. The van der Waals surface area contributed by atoms with Gasteiger partial charge in [0.1, 0.15) is 0 Å². The summed E-state index contributed by atoms with van der Waals surface area (Å²) in [6.45, 7) is 2.02. The van der Waals surface area contributed by atoms with Gasteiger partial charge in [-0.2, -0.15) is 5.10 Å². The van der Waals surface area contributed by atoms with E-state index in [1.54, 1.807) is 28.4 Å². The number of thiazole rings is 1. The molecule has 32 heavy (non-hydrogen) atoms. The minimum atomic E-state index is 0.552. The number of methoxy groups -OCH3 is 3. The summed E-state index contributed by atoms with van der Waals surface area (Å²) in [5.74, 6) is 1.73. The molecule has 0 aliphatic carbocycles. The number of ether oxygens (including phenoxy) is 3. The van der Waals surface area contributed by atoms with Gasteiger partial charge in [-0.05, 0) is 29.8 Å². The average Bonchev–Trinajstić information content (AvgIpc) is 3.24. The van der Waals surface area contributed by atoms with E-state index >= 15 is 0 Å². The van der Waals surface area contributed by atoms with Crippen LogP contribution in [-0.4, -0.2) is 38.8 Å². The fraction of sp³-hybridized carbons (Fsp3) is 0.200. The molecule has 0 unspecified atom stereocenters. The lowest BCUT2D eigenvalue weighted by Crippen LogP contribution is -2.14. The predicted octanol–water partition coefficient (Wildman–Crippen LogP) is 5.20. The molecule has 0 saturated heterocycles. The Kier molecular flexibility index (Phi) is 6.28. The van der Waals surface area contributed by atoms with Gasteiger partial charge < -0.3 is 14.2 Å². The summed E-state index contributed by atoms with van der Waals surface area (Å²) < 4.78 is 18.4. The zero-order valence-corrected chi connectivity index (χ0v) is 19.6. The molecule has 0 saturated carbocycles. The summed E-state index contributed by atoms with van der Waals surface area (Å²) in [5, 5.41) is 9.35. The highest BCUT2D eigenvalue weighted by atomic mass is 32.1. The van der Waals surface area contributed by atoms with E-state index in [0.29, 0.717) is 17.2 Å². The van der Waals surface area contributed by atoms with E-state index < -0.39 is 0 Å². The molecular weight excluding hydrogens is 422 g/mol. The van der Waals surface area contributed by atoms with Crippen LogP contribution in [0.2, 0.25) is 0 Å². The Balaban J connectivity index is 1.90. The van der Waals surface area contributed by atoms with Crippen molar-refractivity contribution >= 4 is 27.8 Å². The molecular formula is C25H25N3O3S. The second-order valence-corrected chi connectivity index (χ2v) is 7.90. The number of rotatable bonds is 6. The van der Waals surface area contributed by atoms with Crippen LogP contribution in [0, 0.1) is 0 Å². The normalized spacial score (nSPS) is 12.3. The van der Waals surface area contributed by atoms with Gasteiger partial charge in [0.15, 0.2) is 11.5 Å². The van der Waals surface area contributed by atoms with Crippen LogP contribution < -0.4 is 19.0 Å². The van der Waals surface area contributed by atoms with Gasteiger partial charge in [0, 0.05) is 23.6 Å². The van der Waals surface area contributed by atoms with Crippen molar-refractivity contribution in [3.8, 4) is 28.5 Å². The SMILES string of the molecule is CN=c1scc(-c2cc(OC)c(OC)c(OC)c2)n1N=C(C)c1cccc2ccccc12. The molecule has 7 heteroatoms. The topological polar surface area (TPSA) is 57.3 Å². The molecule has 0 spiro atoms. The van der Waals surface area contributed by atoms with Crippen LogP contribution in [-0.2, 0) is 0 Å². The third-order valence-corrected chi connectivity index (χ3v) is 6.17. The lowest BCUT2D eigenvalue weighted by atomic mass is 10.0. The summed E-state index contributed by atoms with van der Waals surface area (Å²) in [6.07, 6.45) is 0. The van der Waals surface area contributed by atoms with Gasteiger partial charge in [0.05, 0.1) is 32.7 Å². The highest BCUT2D eigenvalue weighted by molar-refractivity contribution is 7.07. The number of benzene rings is 3. The Hall–Kier alpha value is -3.58. The summed E-state index contributed by atoms with van der Waals surface area (Å²) in [6, 6.07) is 18.4. The summed E-state index contributed by atoms with van der Waals surface area (Å²) in [7, 11) is 6.58. The molecule has 4 rings (SSSR count). The Morgan fingerprint density at radius 1 is 0.906 bits per heavy atom. The van der Waals surface area contributed by atoms with Crippen molar-refractivity contribution < 1.29 is 14.2 Å². The van der Waals surface area contributed by atoms with Gasteiger partial charge in [-0.15, -0.1) is 11.3 Å². The smallest absolute Gasteiger partial charge is 0.205 e. The molecule has 164 valence electrons. The summed E-state index contributed by atoms with van der Waals surface area (Å²) >= 11 is 1.53. The van der Waals surface area contributed by atoms with Crippen molar-refractivity contribution in [3.63, 3.8) is 0 Å². The first-order chi connectivity index (χ1) is 15.6. The van der Waals surface area contributed by atoms with Gasteiger partial charge in [0.2, 0.25) is 10.6 Å². The molecule has 1 heterocycles. The fourth-order valence-electron chi connectivity index (χ4n) is 3.72. The van der Waals surface area contributed by atoms with Gasteiger partial charge in [-0.3, -0.25) is 4.99 Å². The lowest BCUT2D eigenvalue weighted by molar-refractivity contribution is 0.324. The maximum Gasteiger partial charge on any atom is 0.205 e. The van der Waals surface area contributed by atoms with Gasteiger partial charge in [0.25, 0.3) is 0 Å². The van der Waals surface area contributed by atoms with E-state index in [-0.39, 0.29) is 0 Å². The van der Waals surface area contributed by atoms with E-state index in [0.717, 1.165) is 32.7 Å². The monoisotopic (exact) mass is 447 g/mol. The van der Waals surface area contributed by atoms with Crippen LogP contribution in [0.3, 0.4) is 0 Å². The highest BCUT2D eigenvalue weighted by Gasteiger charge is 2.17. The first-order valence-electron chi connectivity index (χ1n) is 10.1. The van der Waals surface area contributed by atoms with E-state index in [4.69, 9.17) is 19.3 Å². The average molecular weight is 448 g/mol. The molecule has 3 aromatic carbocycles. The molecule has 0 radical (unpaired) electrons. The molecule has 1 aromatic heterocycles. The maximum absolute atomic E-state index is 5.54. The molecule has 0 amide bonds. The third-order valence-electron chi connectivity index (χ3n) is 5.27. The van der Waals surface area contributed by atoms with Crippen LogP contribution in [0.5, 0.6) is 17.2 Å². The van der Waals surface area contributed by atoms with Crippen LogP contribution in [0.4, 0.5) is 0 Å². The Bertz CT molecular complexity index is 1340. The third kappa shape index (κ3) is 3.87. The molecule has 0 atom stereocenters. The van der Waals surface area contributed by atoms with Crippen molar-refractivity contribution in [1.82, 2.24) is 4.68 Å². The first kappa shape index (κ1) is 21.6. The van der Waals surface area contributed by atoms with Crippen molar-refractivity contribution in [1.29, 1.82) is 0 Å². The predicted molar refractivity (Wildman–Crippen MR) is 130 cm³/mol. The number of hydrogen-bond acceptors (Lipinski definition) is 6. The molecule has 4 aromatic rings. The van der Waals surface area contributed by atoms with Crippen molar-refractivity contribution in [2.75, 3.05) is 28.4 Å². The summed E-state index contributed by atoms with van der Waals surface area (Å²) in [4.78, 5) is 5.22. The van der Waals surface area contributed by atoms with Crippen LogP contribution in [0.1, 0.15) is 12.5 Å². The lowest BCUT2D eigenvalue weighted by Gasteiger charge is -2.14. The van der Waals surface area contributed by atoms with E-state index in [2.05, 4.69) is 35.3 Å². The second kappa shape index (κ2) is 9.28. The largest absolute Gasteiger partial charge is 0.493 e. The molecule has 6 nitrogen and oxygen atoms in total. The summed E-state index contributed by atoms with van der Waals surface area (Å²) in [5.41, 5.74) is 3.75. The van der Waals surface area contributed by atoms with Crippen molar-refractivity contribution in [2.45, 2.75) is 6.92 Å². The van der Waals surface area contributed by atoms with Crippen LogP contribution in [0.15, 0.2) is 70.1 Å². The Labute approximate surface area is 191 Å². The maximum atomic E-state index is 5.54.